The van der Waals surface area contributed by atoms with Gasteiger partial charge in [0.15, 0.2) is 16.1 Å². The molecule has 5 nitrogen and oxygen atoms in total. The molecule has 18 aromatic rings. The van der Waals surface area contributed by atoms with E-state index in [1.165, 1.54) is 51.6 Å². The van der Waals surface area contributed by atoms with Crippen LogP contribution < -0.4 is 50.8 Å². The van der Waals surface area contributed by atoms with Gasteiger partial charge in [-0.05, 0) is 150 Å². The minimum atomic E-state index is -7.25. The number of pyridine rings is 1. The maximum Gasteiger partial charge on any atom is 0.268 e. The van der Waals surface area contributed by atoms with Gasteiger partial charge in [0, 0.05) is 54.0 Å². The van der Waals surface area contributed by atoms with Crippen molar-refractivity contribution >= 4 is 90.5 Å². The largest absolute Gasteiger partial charge is 0.510 e. The standard InChI is InChI=1S/C105H84N4OSi2.Pt/c1-74-62-102(106-72-96(74)76-38-18-9-19-39-76)109-97-57-33-32-56-93(97)94-60-59-85(71-99(94)109)110-84-42-35-41-83(70-84)107-73-108(98-61-58-77(67-100(98)107)79-63-81(104(2,3)4)69-82(64-79)105(5,6)7)103-95(78-40-34-55-92(65-78)111(86-43-20-10-21-44-86,87-45-22-11-23-46-87)88-47-24-12-25-48-88)66-80(75-36-16-8-17-37-75)68-101(103)112(89-49-26-13-27-50-89,90-51-28-14-29-52-90)91-53-30-15-31-54-91;/h8-69,72H,1-7H3;/q-2;/i1D3,8D,9D,10D,11D,12D,13D,14D,15D,16D,17D,18D,19D,20D,21D,22D,23D,24D,25D,26D,27D,28D,29D,30D,31D,34D,36D,37D,38D,39D,40D,43D,44D,45D,46D,47D,48D,49D,50D,51D,52D,53D,54D,55D,65D;. The first-order valence-electron chi connectivity index (χ1n) is 58.4. The molecule has 0 spiro atoms. The normalized spacial score (nSPS) is 17.9. The van der Waals surface area contributed by atoms with Crippen LogP contribution in [-0.4, -0.2) is 30.3 Å². The summed E-state index contributed by atoms with van der Waals surface area (Å²) in [7, 11) is -14.4. The molecular formula is C105H84N4OPtSi2-2. The Balaban J connectivity index is 0.0000172. The van der Waals surface area contributed by atoms with Crippen molar-refractivity contribution in [2.24, 2.45) is 0 Å². The summed E-state index contributed by atoms with van der Waals surface area (Å²) >= 11 is 0. The number of nitrogens with zero attached hydrogens (tertiary/aromatic N) is 4. The molecule has 0 aliphatic heterocycles. The fourth-order valence-electron chi connectivity index (χ4n) is 14.1. The topological polar surface area (TPSA) is 35.9 Å². The van der Waals surface area contributed by atoms with E-state index in [2.05, 4.69) is 18.5 Å². The number of hydrogen-bond acceptors (Lipinski definition) is 2. The average molecular weight is 1720 g/mol. The summed E-state index contributed by atoms with van der Waals surface area (Å²) in [6.07, 6.45) is 4.38. The Hall–Kier alpha value is -12.4. The zero-order valence-electron chi connectivity index (χ0n) is 107. The van der Waals surface area contributed by atoms with Gasteiger partial charge in [-0.3, -0.25) is 4.57 Å². The molecule has 113 heavy (non-hydrogen) atoms. The molecule has 0 bridgehead atoms. The van der Waals surface area contributed by atoms with Crippen LogP contribution in [0.15, 0.2) is 381 Å². The van der Waals surface area contributed by atoms with Crippen molar-refractivity contribution in [1.29, 1.82) is 0 Å². The van der Waals surface area contributed by atoms with Gasteiger partial charge in [0.25, 0.3) is 6.33 Å². The molecule has 3 heterocycles. The van der Waals surface area contributed by atoms with Crippen LogP contribution in [0.25, 0.3) is 94.5 Å². The van der Waals surface area contributed by atoms with Crippen LogP contribution in [0.3, 0.4) is 0 Å². The van der Waals surface area contributed by atoms with Gasteiger partial charge in [-0.1, -0.05) is 368 Å². The van der Waals surface area contributed by atoms with Crippen LogP contribution in [0.1, 0.15) is 123 Å². The Morgan fingerprint density at radius 2 is 0.912 bits per heavy atom. The van der Waals surface area contributed by atoms with E-state index in [0.29, 0.717) is 27.4 Å². The Labute approximate surface area is 745 Å². The van der Waals surface area contributed by atoms with E-state index in [1.807, 2.05) is 59.7 Å². The predicted octanol–water partition coefficient (Wildman–Crippen LogP) is 19.9. The first-order valence-corrected chi connectivity index (χ1v) is 38.9. The molecule has 3 aromatic heterocycles. The van der Waals surface area contributed by atoms with Crippen molar-refractivity contribution in [3.8, 4) is 73.2 Å². The van der Waals surface area contributed by atoms with Gasteiger partial charge in [0.2, 0.25) is 0 Å². The molecular weight excluding hydrogens is 1580 g/mol. The number of benzene rings is 15. The number of rotatable bonds is 17. The van der Waals surface area contributed by atoms with Gasteiger partial charge in [0.05, 0.1) is 77.0 Å². The molecule has 0 atom stereocenters. The summed E-state index contributed by atoms with van der Waals surface area (Å²) in [6, 6.07) is -24.4. The molecule has 0 radical (unpaired) electrons. The molecule has 0 aliphatic rings. The number of hydrogen-bond donors (Lipinski definition) is 0. The minimum Gasteiger partial charge on any atom is -0.510 e. The third-order valence-electron chi connectivity index (χ3n) is 19.4. The first-order chi connectivity index (χ1) is 74.1. The van der Waals surface area contributed by atoms with E-state index in [0.717, 1.165) is 34.0 Å². The second-order valence-corrected chi connectivity index (χ2v) is 35.0. The predicted molar refractivity (Wildman–Crippen MR) is 471 cm³/mol. The van der Waals surface area contributed by atoms with Crippen LogP contribution in [0.5, 0.6) is 11.5 Å². The van der Waals surface area contributed by atoms with Gasteiger partial charge in [-0.2, -0.15) is 18.2 Å². The van der Waals surface area contributed by atoms with E-state index in [4.69, 9.17) is 26.2 Å². The zero-order chi connectivity index (χ0) is 117. The Kier molecular flexibility index (Phi) is 10.0. The summed E-state index contributed by atoms with van der Waals surface area (Å²) in [5.74, 6) is -0.465. The summed E-state index contributed by atoms with van der Waals surface area (Å²) < 4.78 is 471. The molecule has 0 saturated heterocycles. The van der Waals surface area contributed by atoms with E-state index in [1.54, 1.807) is 36.4 Å². The third-order valence-corrected chi connectivity index (χ3v) is 27.5. The smallest absolute Gasteiger partial charge is 0.268 e. The number of imidazole rings is 1. The number of aryl methyl sites for hydroxylation is 1. The Bertz CT molecular complexity index is 8890. The van der Waals surface area contributed by atoms with Gasteiger partial charge >= 0.3 is 0 Å². The number of ether oxygens (including phenoxy) is 1. The molecule has 15 aromatic carbocycles. The quantitative estimate of drug-likeness (QED) is 0.0394. The van der Waals surface area contributed by atoms with E-state index >= 15 is 0 Å². The second kappa shape index (κ2) is 30.4. The Morgan fingerprint density at radius 1 is 0.407 bits per heavy atom. The molecule has 8 heteroatoms. The number of aromatic nitrogens is 4. The summed E-state index contributed by atoms with van der Waals surface area (Å²) in [4.78, 5) is 4.71. The van der Waals surface area contributed by atoms with Crippen molar-refractivity contribution in [2.75, 3.05) is 0 Å². The van der Waals surface area contributed by atoms with Crippen LogP contribution in [0.4, 0.5) is 0 Å². The third kappa shape index (κ3) is 13.5. The molecule has 0 amide bonds. The van der Waals surface area contributed by atoms with Crippen LogP contribution in [0, 0.1) is 25.3 Å². The zero-order valence-corrected chi connectivity index (χ0v) is 64.8. The number of para-hydroxylation sites is 1. The van der Waals surface area contributed by atoms with Gasteiger partial charge in [-0.15, -0.1) is 29.7 Å². The first kappa shape index (κ1) is 37.3. The van der Waals surface area contributed by atoms with Gasteiger partial charge in [-0.25, -0.2) is 4.98 Å². The van der Waals surface area contributed by atoms with Crippen molar-refractivity contribution < 1.29 is 94.8 Å². The van der Waals surface area contributed by atoms with Gasteiger partial charge in [0.1, 0.15) is 5.82 Å². The molecule has 550 valence electrons. The van der Waals surface area contributed by atoms with Crippen LogP contribution in [0.2, 0.25) is 0 Å². The van der Waals surface area contributed by atoms with Crippen LogP contribution in [-0.2, 0) is 31.9 Å². The van der Waals surface area contributed by atoms with E-state index in [-0.39, 0.29) is 66.2 Å². The monoisotopic (exact) mass is 1710 g/mol. The van der Waals surface area contributed by atoms with Crippen LogP contribution >= 0.6 is 0 Å². The van der Waals surface area contributed by atoms with Crippen molar-refractivity contribution in [3.63, 3.8) is 0 Å². The summed E-state index contributed by atoms with van der Waals surface area (Å²) in [6.45, 7) is 8.66. The fourth-order valence-corrected chi connectivity index (χ4v) is 21.7. The molecule has 0 unspecified atom stereocenters. The maximum absolute atomic E-state index is 11.8. The van der Waals surface area contributed by atoms with E-state index < -0.39 is 380 Å². The average Bonchev–Trinajstić information content (AvgIpc) is 0.784. The second-order valence-electron chi connectivity index (χ2n) is 28.0. The van der Waals surface area contributed by atoms with Crippen molar-refractivity contribution in [2.45, 2.75) is 59.2 Å². The SMILES string of the molecule is [2H]c1c([2H])c([2H])c(-c2cc(-c3c([2H])c([2H])c([2H])c([Si](c4c([2H])c([2H])c([2H])c([2H])c4[2H])(c4c([2H])c([2H])c([2H])c([2H])c4[2H])c4c([2H])c([2H])c([2H])c([2H])c4[2H])c3[2H])c(-[n+]3[c-]n(-c4[c-]c(Oc5[c-]c6c(cc5)c5ccccc5n6-c5cc(C([2H])([2H])[2H])c(-c6c([2H])c([2H])c([2H])c([2H])c6[2H])cn5)ccc4)c4cc(-c5cc(C(C)(C)C)cc(C(C)(C)C)c5)ccc43)c([Si](c3c([2H])c([2H])c([2H])c([2H])c3[2H])(c3c([2H])c([2H])c([2H])c([2H])c3[2H])c3c([2H])c([2H])c([2H])c([2H])c3[2H])c2)c([2H])c1[2H].[Pt]. The Morgan fingerprint density at radius 3 is 1.47 bits per heavy atom. The maximum atomic E-state index is 11.8. The van der Waals surface area contributed by atoms with E-state index in [9.17, 15) is 48.0 Å². The summed E-state index contributed by atoms with van der Waals surface area (Å²) in [5.41, 5.74) is -6.07. The summed E-state index contributed by atoms with van der Waals surface area (Å²) in [5, 5.41) is -9.83. The fraction of sp³-hybridized carbons (Fsp3) is 0.0857. The van der Waals surface area contributed by atoms with Crippen molar-refractivity contribution in [3.05, 3.63) is 416 Å². The number of fused-ring (bicyclic) bond motifs is 4. The molecule has 0 N–H and O–H groups in total. The van der Waals surface area contributed by atoms with Gasteiger partial charge < -0.3 is 13.9 Å². The molecule has 18 rings (SSSR count). The van der Waals surface area contributed by atoms with Crippen molar-refractivity contribution in [1.82, 2.24) is 14.1 Å². The molecule has 0 fully saturated rings. The molecule has 0 aliphatic carbocycles. The molecule has 0 saturated carbocycles. The minimum absolute atomic E-state index is 0.